The van der Waals surface area contributed by atoms with Gasteiger partial charge in [0.1, 0.15) is 12.0 Å². The summed E-state index contributed by atoms with van der Waals surface area (Å²) in [5, 5.41) is 12.9. The van der Waals surface area contributed by atoms with Crippen molar-refractivity contribution in [3.8, 4) is 0 Å². The van der Waals surface area contributed by atoms with E-state index in [1.165, 1.54) is 18.3 Å². The molecular weight excluding hydrogens is 289 g/mol. The van der Waals surface area contributed by atoms with Crippen LogP contribution >= 0.6 is 11.6 Å². The van der Waals surface area contributed by atoms with Crippen LogP contribution in [0.5, 0.6) is 0 Å². The number of rotatable bonds is 3. The maximum absolute atomic E-state index is 13.2. The highest BCUT2D eigenvalue weighted by molar-refractivity contribution is 6.30. The van der Waals surface area contributed by atoms with E-state index in [1.807, 2.05) is 0 Å². The lowest BCUT2D eigenvalue weighted by atomic mass is 10.2. The van der Waals surface area contributed by atoms with Crippen LogP contribution < -0.4 is 5.32 Å². The van der Waals surface area contributed by atoms with Gasteiger partial charge in [-0.15, -0.1) is 0 Å². The average Bonchev–Trinajstić information content (AvgIpc) is 2.43. The zero-order chi connectivity index (χ0) is 14.7. The molecule has 0 unspecified atom stereocenters. The van der Waals surface area contributed by atoms with Crippen LogP contribution in [0.15, 0.2) is 36.7 Å². The molecule has 20 heavy (non-hydrogen) atoms. The van der Waals surface area contributed by atoms with Gasteiger partial charge in [0.2, 0.25) is 0 Å². The van der Waals surface area contributed by atoms with Gasteiger partial charge < -0.3 is 5.32 Å². The summed E-state index contributed by atoms with van der Waals surface area (Å²) in [7, 11) is 0. The normalized spacial score (nSPS) is 10.1. The van der Waals surface area contributed by atoms with E-state index in [0.717, 1.165) is 18.3 Å². The molecule has 0 saturated carbocycles. The number of anilines is 1. The largest absolute Gasteiger partial charge is 0.322 e. The summed E-state index contributed by atoms with van der Waals surface area (Å²) in [6.45, 7) is 0. The summed E-state index contributed by atoms with van der Waals surface area (Å²) in [6.07, 6.45) is 2.20. The summed E-state index contributed by atoms with van der Waals surface area (Å²) in [4.78, 5) is 25.4. The first-order chi connectivity index (χ1) is 9.47. The summed E-state index contributed by atoms with van der Waals surface area (Å²) in [5.41, 5.74) is -0.127. The van der Waals surface area contributed by atoms with Crippen molar-refractivity contribution in [3.63, 3.8) is 0 Å². The summed E-state index contributed by atoms with van der Waals surface area (Å²) in [5.74, 6) is -1.32. The van der Waals surface area contributed by atoms with Crippen LogP contribution in [0.4, 0.5) is 15.8 Å². The maximum Gasteiger partial charge on any atom is 0.288 e. The number of nitro groups is 1. The third-order valence-corrected chi connectivity index (χ3v) is 2.68. The fourth-order valence-electron chi connectivity index (χ4n) is 1.43. The minimum atomic E-state index is -0.679. The number of benzene rings is 1. The third kappa shape index (κ3) is 3.07. The number of halogens is 2. The van der Waals surface area contributed by atoms with Gasteiger partial charge in [-0.1, -0.05) is 11.6 Å². The molecule has 0 spiro atoms. The van der Waals surface area contributed by atoms with Crippen LogP contribution in [0, 0.1) is 15.9 Å². The molecule has 1 heterocycles. The van der Waals surface area contributed by atoms with Gasteiger partial charge in [-0.2, -0.15) is 0 Å². The van der Waals surface area contributed by atoms with Crippen LogP contribution in [0.3, 0.4) is 0 Å². The lowest BCUT2D eigenvalue weighted by Gasteiger charge is -2.05. The molecule has 0 radical (unpaired) electrons. The third-order valence-electron chi connectivity index (χ3n) is 2.37. The first-order valence-electron chi connectivity index (χ1n) is 5.33. The van der Waals surface area contributed by atoms with Crippen LogP contribution in [-0.4, -0.2) is 15.8 Å². The van der Waals surface area contributed by atoms with Crippen molar-refractivity contribution < 1.29 is 14.1 Å². The molecule has 0 bridgehead atoms. The van der Waals surface area contributed by atoms with Gasteiger partial charge in [0.15, 0.2) is 0 Å². The zero-order valence-electron chi connectivity index (χ0n) is 9.84. The standard InChI is InChI=1S/C12H7ClFN3O3/c13-10-2-1-8(4-11(10)14)16-12(18)7-3-9(17(19)20)6-15-5-7/h1-6H,(H,16,18). The zero-order valence-corrected chi connectivity index (χ0v) is 10.6. The Bertz CT molecular complexity index is 693. The molecule has 102 valence electrons. The summed E-state index contributed by atoms with van der Waals surface area (Å²) in [6, 6.07) is 4.83. The first kappa shape index (κ1) is 13.9. The number of amides is 1. The van der Waals surface area contributed by atoms with Gasteiger partial charge in [-0.3, -0.25) is 19.9 Å². The topological polar surface area (TPSA) is 85.1 Å². The summed E-state index contributed by atoms with van der Waals surface area (Å²) >= 11 is 5.52. The maximum atomic E-state index is 13.2. The number of carbonyl (C=O) groups is 1. The van der Waals surface area contributed by atoms with E-state index in [9.17, 15) is 19.3 Å². The van der Waals surface area contributed by atoms with Crippen LogP contribution in [0.1, 0.15) is 10.4 Å². The molecule has 2 aromatic rings. The van der Waals surface area contributed by atoms with Gasteiger partial charge in [-0.25, -0.2) is 4.39 Å². The second-order valence-corrected chi connectivity index (χ2v) is 4.18. The number of hydrogen-bond acceptors (Lipinski definition) is 4. The van der Waals surface area contributed by atoms with Crippen molar-refractivity contribution in [2.24, 2.45) is 0 Å². The number of nitrogens with one attached hydrogen (secondary N) is 1. The molecule has 1 aromatic carbocycles. The fourth-order valence-corrected chi connectivity index (χ4v) is 1.55. The fraction of sp³-hybridized carbons (Fsp3) is 0. The molecular formula is C12H7ClFN3O3. The van der Waals surface area contributed by atoms with Gasteiger partial charge in [0, 0.05) is 18.0 Å². The predicted octanol–water partition coefficient (Wildman–Crippen LogP) is 3.03. The van der Waals surface area contributed by atoms with E-state index in [-0.39, 0.29) is 22.0 Å². The molecule has 0 aliphatic heterocycles. The highest BCUT2D eigenvalue weighted by atomic mass is 35.5. The van der Waals surface area contributed by atoms with Crippen molar-refractivity contribution in [2.75, 3.05) is 5.32 Å². The van der Waals surface area contributed by atoms with Crippen molar-refractivity contribution >= 4 is 28.9 Å². The van der Waals surface area contributed by atoms with Crippen molar-refractivity contribution in [2.45, 2.75) is 0 Å². The molecule has 6 nitrogen and oxygen atoms in total. The van der Waals surface area contributed by atoms with Crippen molar-refractivity contribution in [1.82, 2.24) is 4.98 Å². The second-order valence-electron chi connectivity index (χ2n) is 3.77. The van der Waals surface area contributed by atoms with E-state index < -0.39 is 16.6 Å². The molecule has 0 aliphatic rings. The van der Waals surface area contributed by atoms with Crippen LogP contribution in [0.25, 0.3) is 0 Å². The second kappa shape index (κ2) is 5.62. The highest BCUT2D eigenvalue weighted by Gasteiger charge is 2.13. The Morgan fingerprint density at radius 2 is 2.10 bits per heavy atom. The van der Waals surface area contributed by atoms with Crippen molar-refractivity contribution in [3.05, 3.63) is 63.2 Å². The van der Waals surface area contributed by atoms with Gasteiger partial charge in [0.25, 0.3) is 11.6 Å². The summed E-state index contributed by atoms with van der Waals surface area (Å²) < 4.78 is 13.2. The molecule has 1 N–H and O–H groups in total. The monoisotopic (exact) mass is 295 g/mol. The minimum Gasteiger partial charge on any atom is -0.322 e. The van der Waals surface area contributed by atoms with Crippen LogP contribution in [0.2, 0.25) is 5.02 Å². The molecule has 8 heteroatoms. The smallest absolute Gasteiger partial charge is 0.288 e. The quantitative estimate of drug-likeness (QED) is 0.696. The first-order valence-corrected chi connectivity index (χ1v) is 5.71. The van der Waals surface area contributed by atoms with Gasteiger partial charge in [0.05, 0.1) is 15.5 Å². The molecule has 1 amide bonds. The Kier molecular flexibility index (Phi) is 3.90. The number of pyridine rings is 1. The Hall–Kier alpha value is -2.54. The Morgan fingerprint density at radius 3 is 2.75 bits per heavy atom. The molecule has 1 aromatic heterocycles. The Morgan fingerprint density at radius 1 is 1.35 bits per heavy atom. The number of hydrogen-bond donors (Lipinski definition) is 1. The number of carbonyl (C=O) groups excluding carboxylic acids is 1. The Labute approximate surface area is 117 Å². The predicted molar refractivity (Wildman–Crippen MR) is 70.3 cm³/mol. The highest BCUT2D eigenvalue weighted by Crippen LogP contribution is 2.19. The molecule has 0 aliphatic carbocycles. The Balaban J connectivity index is 2.21. The SMILES string of the molecule is O=C(Nc1ccc(Cl)c(F)c1)c1cncc([N+](=O)[O-])c1. The van der Waals surface area contributed by atoms with E-state index >= 15 is 0 Å². The average molecular weight is 296 g/mol. The molecule has 0 saturated heterocycles. The van der Waals surface area contributed by atoms with E-state index in [1.54, 1.807) is 0 Å². The lowest BCUT2D eigenvalue weighted by molar-refractivity contribution is -0.385. The minimum absolute atomic E-state index is 0.00504. The van der Waals surface area contributed by atoms with Crippen molar-refractivity contribution in [1.29, 1.82) is 0 Å². The lowest BCUT2D eigenvalue weighted by Crippen LogP contribution is -2.12. The van der Waals surface area contributed by atoms with Gasteiger partial charge in [-0.05, 0) is 18.2 Å². The molecule has 2 rings (SSSR count). The molecule has 0 fully saturated rings. The van der Waals surface area contributed by atoms with E-state index in [4.69, 9.17) is 11.6 Å². The van der Waals surface area contributed by atoms with E-state index in [0.29, 0.717) is 0 Å². The number of nitrogens with zero attached hydrogens (tertiary/aromatic N) is 2. The van der Waals surface area contributed by atoms with Crippen LogP contribution in [-0.2, 0) is 0 Å². The van der Waals surface area contributed by atoms with E-state index in [2.05, 4.69) is 10.3 Å². The number of aromatic nitrogens is 1. The molecule has 0 atom stereocenters. The van der Waals surface area contributed by atoms with Gasteiger partial charge >= 0.3 is 0 Å².